The molecule has 3 heterocycles. The maximum Gasteiger partial charge on any atom is 0.191 e. The van der Waals surface area contributed by atoms with Crippen LogP contribution in [-0.4, -0.2) is 68.1 Å². The first kappa shape index (κ1) is 22.9. The summed E-state index contributed by atoms with van der Waals surface area (Å²) in [5.74, 6) is 1.72. The van der Waals surface area contributed by atoms with Crippen LogP contribution in [0.1, 0.15) is 44.0 Å². The number of guanidine groups is 1. The first-order valence-corrected chi connectivity index (χ1v) is 11.2. The molecule has 0 amide bonds. The summed E-state index contributed by atoms with van der Waals surface area (Å²) in [4.78, 5) is 11.6. The number of rotatable bonds is 8. The van der Waals surface area contributed by atoms with Gasteiger partial charge in [0.1, 0.15) is 0 Å². The Kier molecular flexibility index (Phi) is 10.4. The third-order valence-corrected chi connectivity index (χ3v) is 6.57. The third kappa shape index (κ3) is 6.87. The van der Waals surface area contributed by atoms with E-state index in [4.69, 9.17) is 4.99 Å². The lowest BCUT2D eigenvalue weighted by molar-refractivity contribution is 0.255. The van der Waals surface area contributed by atoms with Gasteiger partial charge in [0.15, 0.2) is 5.96 Å². The molecule has 2 unspecified atom stereocenters. The van der Waals surface area contributed by atoms with Crippen LogP contribution in [0.15, 0.2) is 22.5 Å². The third-order valence-electron chi connectivity index (χ3n) is 5.59. The van der Waals surface area contributed by atoms with Crippen LogP contribution < -0.4 is 10.6 Å². The highest BCUT2D eigenvalue weighted by Crippen LogP contribution is 2.28. The minimum absolute atomic E-state index is 0. The lowest BCUT2D eigenvalue weighted by Gasteiger charge is -2.25. The van der Waals surface area contributed by atoms with Gasteiger partial charge in [0, 0.05) is 24.5 Å². The summed E-state index contributed by atoms with van der Waals surface area (Å²) in [5.41, 5.74) is 0. The van der Waals surface area contributed by atoms with Crippen LogP contribution in [0.2, 0.25) is 0 Å². The van der Waals surface area contributed by atoms with Crippen LogP contribution in [-0.2, 0) is 0 Å². The average Bonchev–Trinajstić information content (AvgIpc) is 3.42. The number of likely N-dealkylation sites (tertiary alicyclic amines) is 2. The molecule has 0 spiro atoms. The Morgan fingerprint density at radius 3 is 2.70 bits per heavy atom. The second kappa shape index (κ2) is 12.2. The quantitative estimate of drug-likeness (QED) is 0.323. The number of nitrogens with zero attached hydrogens (tertiary/aromatic N) is 3. The smallest absolute Gasteiger partial charge is 0.191 e. The largest absolute Gasteiger partial charge is 0.357 e. The zero-order chi connectivity index (χ0) is 18.2. The van der Waals surface area contributed by atoms with Crippen LogP contribution in [0.5, 0.6) is 0 Å². The molecule has 0 radical (unpaired) electrons. The van der Waals surface area contributed by atoms with E-state index < -0.39 is 0 Å². The number of nitrogens with one attached hydrogen (secondary N) is 2. The molecule has 154 valence electrons. The van der Waals surface area contributed by atoms with E-state index in [0.717, 1.165) is 31.5 Å². The maximum atomic E-state index is 4.96. The van der Waals surface area contributed by atoms with Crippen LogP contribution >= 0.6 is 35.3 Å². The van der Waals surface area contributed by atoms with Crippen LogP contribution in [0, 0.1) is 5.92 Å². The van der Waals surface area contributed by atoms with Crippen molar-refractivity contribution in [3.05, 3.63) is 22.4 Å². The van der Waals surface area contributed by atoms with Crippen LogP contribution in [0.25, 0.3) is 0 Å². The van der Waals surface area contributed by atoms with Gasteiger partial charge in [0.2, 0.25) is 0 Å². The highest BCUT2D eigenvalue weighted by atomic mass is 127. The van der Waals surface area contributed by atoms with Crippen molar-refractivity contribution >= 4 is 41.3 Å². The van der Waals surface area contributed by atoms with Crippen LogP contribution in [0.3, 0.4) is 0 Å². The van der Waals surface area contributed by atoms with Gasteiger partial charge in [-0.05, 0) is 69.7 Å². The molecule has 2 atom stereocenters. The molecule has 1 aromatic heterocycles. The predicted molar refractivity (Wildman–Crippen MR) is 127 cm³/mol. The van der Waals surface area contributed by atoms with Crippen LogP contribution in [0.4, 0.5) is 0 Å². The molecule has 0 bridgehead atoms. The molecule has 2 aliphatic heterocycles. The summed E-state index contributed by atoms with van der Waals surface area (Å²) in [6.45, 7) is 13.2. The fourth-order valence-electron chi connectivity index (χ4n) is 4.05. The fourth-order valence-corrected chi connectivity index (χ4v) is 4.90. The van der Waals surface area contributed by atoms with E-state index in [2.05, 4.69) is 51.8 Å². The minimum Gasteiger partial charge on any atom is -0.357 e. The highest BCUT2D eigenvalue weighted by Gasteiger charge is 2.24. The Balaban J connectivity index is 0.00000261. The Bertz CT molecular complexity index is 545. The summed E-state index contributed by atoms with van der Waals surface area (Å²) in [6, 6.07) is 4.85. The molecule has 7 heteroatoms. The number of hydrogen-bond acceptors (Lipinski definition) is 4. The Morgan fingerprint density at radius 2 is 2.07 bits per heavy atom. The molecule has 27 heavy (non-hydrogen) atoms. The number of thiophene rings is 1. The lowest BCUT2D eigenvalue weighted by Crippen LogP contribution is -2.41. The summed E-state index contributed by atoms with van der Waals surface area (Å²) in [6.07, 6.45) is 3.94. The summed E-state index contributed by atoms with van der Waals surface area (Å²) >= 11 is 1.86. The van der Waals surface area contributed by atoms with Gasteiger partial charge in [-0.25, -0.2) is 0 Å². The molecule has 1 aromatic rings. The molecule has 2 saturated heterocycles. The molecule has 2 aliphatic rings. The number of hydrogen-bond donors (Lipinski definition) is 2. The van der Waals surface area contributed by atoms with Crippen molar-refractivity contribution in [2.45, 2.75) is 39.2 Å². The summed E-state index contributed by atoms with van der Waals surface area (Å²) < 4.78 is 0. The van der Waals surface area contributed by atoms with Crippen molar-refractivity contribution in [1.29, 1.82) is 0 Å². The highest BCUT2D eigenvalue weighted by molar-refractivity contribution is 14.0. The van der Waals surface area contributed by atoms with Gasteiger partial charge in [0.25, 0.3) is 0 Å². The second-order valence-electron chi connectivity index (χ2n) is 7.42. The van der Waals surface area contributed by atoms with Gasteiger partial charge in [-0.2, -0.15) is 0 Å². The van der Waals surface area contributed by atoms with Gasteiger partial charge in [-0.3, -0.25) is 9.89 Å². The first-order chi connectivity index (χ1) is 12.8. The predicted octanol–water partition coefficient (Wildman–Crippen LogP) is 3.40. The van der Waals surface area contributed by atoms with E-state index >= 15 is 0 Å². The summed E-state index contributed by atoms with van der Waals surface area (Å²) in [7, 11) is 0. The average molecular weight is 506 g/mol. The monoisotopic (exact) mass is 505 g/mol. The summed E-state index contributed by atoms with van der Waals surface area (Å²) in [5, 5.41) is 9.21. The molecule has 2 N–H and O–H groups in total. The number of aliphatic imine (C=N–C) groups is 1. The van der Waals surface area contributed by atoms with E-state index in [1.54, 1.807) is 0 Å². The standard InChI is InChI=1S/C20H35N5S.HI/c1-3-21-20(22-14-17-9-12-24(4-2)16-17)23-15-18(19-8-7-13-26-19)25-10-5-6-11-25;/h7-8,13,17-18H,3-6,9-12,14-16H2,1-2H3,(H2,21,22,23);1H. The Labute approximate surface area is 186 Å². The molecule has 0 aliphatic carbocycles. The second-order valence-corrected chi connectivity index (χ2v) is 8.40. The zero-order valence-corrected chi connectivity index (χ0v) is 20.0. The zero-order valence-electron chi connectivity index (χ0n) is 16.8. The molecule has 5 nitrogen and oxygen atoms in total. The normalized spacial score (nSPS) is 22.6. The van der Waals surface area contributed by atoms with Crippen molar-refractivity contribution in [1.82, 2.24) is 20.4 Å². The van der Waals surface area contributed by atoms with Crippen molar-refractivity contribution in [3.8, 4) is 0 Å². The van der Waals surface area contributed by atoms with E-state index in [1.165, 1.54) is 56.9 Å². The fraction of sp³-hybridized carbons (Fsp3) is 0.750. The molecule has 2 fully saturated rings. The lowest BCUT2D eigenvalue weighted by atomic mass is 10.1. The van der Waals surface area contributed by atoms with E-state index in [1.807, 2.05) is 11.3 Å². The molecule has 0 aromatic carbocycles. The van der Waals surface area contributed by atoms with Gasteiger partial charge in [0.05, 0.1) is 12.6 Å². The molecular formula is C20H36IN5S. The number of halogens is 1. The maximum absolute atomic E-state index is 4.96. The topological polar surface area (TPSA) is 42.9 Å². The first-order valence-electron chi connectivity index (χ1n) is 10.3. The molecule has 3 rings (SSSR count). The molecule has 0 saturated carbocycles. The minimum atomic E-state index is 0. The van der Waals surface area contributed by atoms with E-state index in [-0.39, 0.29) is 24.0 Å². The van der Waals surface area contributed by atoms with Crippen molar-refractivity contribution < 1.29 is 0 Å². The van der Waals surface area contributed by atoms with Gasteiger partial charge < -0.3 is 15.5 Å². The van der Waals surface area contributed by atoms with Crippen molar-refractivity contribution in [3.63, 3.8) is 0 Å². The van der Waals surface area contributed by atoms with E-state index in [9.17, 15) is 0 Å². The van der Waals surface area contributed by atoms with E-state index in [0.29, 0.717) is 6.04 Å². The Morgan fingerprint density at radius 1 is 1.26 bits per heavy atom. The van der Waals surface area contributed by atoms with Gasteiger partial charge in [-0.1, -0.05) is 13.0 Å². The van der Waals surface area contributed by atoms with Crippen molar-refractivity contribution in [2.24, 2.45) is 10.9 Å². The SMILES string of the molecule is CCNC(=NCC(c1cccs1)N1CCCC1)NCC1CCN(CC)C1.I. The molecular weight excluding hydrogens is 469 g/mol. The van der Waals surface area contributed by atoms with Crippen molar-refractivity contribution in [2.75, 3.05) is 52.4 Å². The van der Waals surface area contributed by atoms with Gasteiger partial charge >= 0.3 is 0 Å². The Hall–Kier alpha value is -0.380. The van der Waals surface area contributed by atoms with Gasteiger partial charge in [-0.15, -0.1) is 35.3 Å².